The molecule has 0 bridgehead atoms. The monoisotopic (exact) mass is 195 g/mol. The molecular weight excluding hydrogens is 182 g/mol. The number of hydrogen-bond acceptors (Lipinski definition) is 4. The van der Waals surface area contributed by atoms with E-state index in [0.717, 1.165) is 5.69 Å². The number of nitrogens with one attached hydrogen (secondary N) is 1. The maximum Gasteiger partial charge on any atom is 0.303 e. The van der Waals surface area contributed by atoms with E-state index in [1.165, 1.54) is 6.33 Å². The molecule has 0 amide bonds. The van der Waals surface area contributed by atoms with Crippen molar-refractivity contribution in [3.8, 4) is 0 Å². The van der Waals surface area contributed by atoms with Gasteiger partial charge in [-0.05, 0) is 19.0 Å². The predicted octanol–water partition coefficient (Wildman–Crippen LogP) is 0.431. The number of rotatable bonds is 6. The molecule has 0 atom stereocenters. The summed E-state index contributed by atoms with van der Waals surface area (Å²) in [6.07, 6.45) is 4.02. The summed E-state index contributed by atoms with van der Waals surface area (Å²) in [6, 6.07) is 1.82. The van der Waals surface area contributed by atoms with Gasteiger partial charge >= 0.3 is 5.97 Å². The smallest absolute Gasteiger partial charge is 0.303 e. The predicted molar refractivity (Wildman–Crippen MR) is 50.6 cm³/mol. The second kappa shape index (κ2) is 6.04. The molecule has 0 aromatic carbocycles. The first-order valence-electron chi connectivity index (χ1n) is 4.46. The number of nitrogens with zero attached hydrogens (tertiary/aromatic N) is 2. The van der Waals surface area contributed by atoms with Gasteiger partial charge < -0.3 is 10.4 Å². The summed E-state index contributed by atoms with van der Waals surface area (Å²) in [7, 11) is 0. The molecular formula is C9H13N3O2. The van der Waals surface area contributed by atoms with Gasteiger partial charge in [-0.2, -0.15) is 0 Å². The molecule has 0 aliphatic carbocycles. The van der Waals surface area contributed by atoms with Crippen LogP contribution < -0.4 is 5.32 Å². The van der Waals surface area contributed by atoms with Crippen LogP contribution in [0.3, 0.4) is 0 Å². The first-order valence-corrected chi connectivity index (χ1v) is 4.46. The van der Waals surface area contributed by atoms with Gasteiger partial charge in [0.25, 0.3) is 0 Å². The lowest BCUT2D eigenvalue weighted by molar-refractivity contribution is -0.137. The van der Waals surface area contributed by atoms with Gasteiger partial charge in [-0.25, -0.2) is 9.97 Å². The zero-order valence-corrected chi connectivity index (χ0v) is 7.81. The SMILES string of the molecule is O=C(O)CCCNCc1ccncn1. The Morgan fingerprint density at radius 1 is 1.57 bits per heavy atom. The number of aromatic nitrogens is 2. The highest BCUT2D eigenvalue weighted by atomic mass is 16.4. The van der Waals surface area contributed by atoms with E-state index in [4.69, 9.17) is 5.11 Å². The van der Waals surface area contributed by atoms with Crippen LogP contribution in [0.15, 0.2) is 18.6 Å². The average Bonchev–Trinajstić information content (AvgIpc) is 2.18. The van der Waals surface area contributed by atoms with Crippen LogP contribution in [0.25, 0.3) is 0 Å². The summed E-state index contributed by atoms with van der Waals surface area (Å²) < 4.78 is 0. The summed E-state index contributed by atoms with van der Waals surface area (Å²) in [4.78, 5) is 18.0. The Morgan fingerprint density at radius 3 is 3.07 bits per heavy atom. The van der Waals surface area contributed by atoms with Crippen LogP contribution >= 0.6 is 0 Å². The normalized spacial score (nSPS) is 10.0. The summed E-state index contributed by atoms with van der Waals surface area (Å²) in [5, 5.41) is 11.5. The van der Waals surface area contributed by atoms with Crippen LogP contribution in [-0.4, -0.2) is 27.6 Å². The highest BCUT2D eigenvalue weighted by Crippen LogP contribution is 1.91. The highest BCUT2D eigenvalue weighted by Gasteiger charge is 1.96. The van der Waals surface area contributed by atoms with Gasteiger partial charge in [-0.1, -0.05) is 0 Å². The number of aliphatic carboxylic acids is 1. The van der Waals surface area contributed by atoms with E-state index in [9.17, 15) is 4.79 Å². The molecule has 2 N–H and O–H groups in total. The molecule has 0 radical (unpaired) electrons. The van der Waals surface area contributed by atoms with Crippen molar-refractivity contribution in [2.75, 3.05) is 6.54 Å². The molecule has 0 aliphatic heterocycles. The van der Waals surface area contributed by atoms with Crippen molar-refractivity contribution < 1.29 is 9.90 Å². The van der Waals surface area contributed by atoms with E-state index in [-0.39, 0.29) is 6.42 Å². The molecule has 0 spiro atoms. The van der Waals surface area contributed by atoms with Crippen LogP contribution in [0.4, 0.5) is 0 Å². The largest absolute Gasteiger partial charge is 0.481 e. The van der Waals surface area contributed by atoms with Crippen molar-refractivity contribution in [1.29, 1.82) is 0 Å². The second-order valence-electron chi connectivity index (χ2n) is 2.87. The first kappa shape index (κ1) is 10.6. The minimum absolute atomic E-state index is 0.205. The average molecular weight is 195 g/mol. The van der Waals surface area contributed by atoms with Gasteiger partial charge in [-0.3, -0.25) is 4.79 Å². The van der Waals surface area contributed by atoms with Gasteiger partial charge in [0.05, 0.1) is 5.69 Å². The molecule has 0 aliphatic rings. The zero-order chi connectivity index (χ0) is 10.2. The Labute approximate surface area is 82.2 Å². The third-order valence-electron chi connectivity index (χ3n) is 1.69. The molecule has 0 saturated carbocycles. The summed E-state index contributed by atoms with van der Waals surface area (Å²) in [5.41, 5.74) is 0.912. The fourth-order valence-electron chi connectivity index (χ4n) is 1.00. The van der Waals surface area contributed by atoms with E-state index in [2.05, 4.69) is 15.3 Å². The fraction of sp³-hybridized carbons (Fsp3) is 0.444. The molecule has 0 unspecified atom stereocenters. The maximum absolute atomic E-state index is 10.2. The Bertz CT molecular complexity index is 277. The van der Waals surface area contributed by atoms with Crippen molar-refractivity contribution in [3.63, 3.8) is 0 Å². The first-order chi connectivity index (χ1) is 6.79. The standard InChI is InChI=1S/C9H13N3O2/c13-9(14)2-1-4-10-6-8-3-5-11-7-12-8/h3,5,7,10H,1-2,4,6H2,(H,13,14). The minimum Gasteiger partial charge on any atom is -0.481 e. The van der Waals surface area contributed by atoms with Crippen LogP contribution in [0, 0.1) is 0 Å². The molecule has 14 heavy (non-hydrogen) atoms. The van der Waals surface area contributed by atoms with Crippen LogP contribution in [0.5, 0.6) is 0 Å². The van der Waals surface area contributed by atoms with Crippen LogP contribution in [-0.2, 0) is 11.3 Å². The Morgan fingerprint density at radius 2 is 2.43 bits per heavy atom. The number of carbonyl (C=O) groups is 1. The summed E-state index contributed by atoms with van der Waals surface area (Å²) >= 11 is 0. The molecule has 1 rings (SSSR count). The minimum atomic E-state index is -0.756. The van der Waals surface area contributed by atoms with Crippen molar-refractivity contribution in [2.45, 2.75) is 19.4 Å². The Kier molecular flexibility index (Phi) is 4.57. The topological polar surface area (TPSA) is 75.1 Å². The molecule has 0 saturated heterocycles. The van der Waals surface area contributed by atoms with Gasteiger partial charge in [-0.15, -0.1) is 0 Å². The lowest BCUT2D eigenvalue weighted by atomic mass is 10.3. The van der Waals surface area contributed by atoms with Crippen molar-refractivity contribution >= 4 is 5.97 Å². The van der Waals surface area contributed by atoms with Crippen molar-refractivity contribution in [1.82, 2.24) is 15.3 Å². The second-order valence-corrected chi connectivity index (χ2v) is 2.87. The summed E-state index contributed by atoms with van der Waals surface area (Å²) in [6.45, 7) is 1.35. The Hall–Kier alpha value is -1.49. The zero-order valence-electron chi connectivity index (χ0n) is 7.81. The maximum atomic E-state index is 10.2. The fourth-order valence-corrected chi connectivity index (χ4v) is 1.00. The van der Waals surface area contributed by atoms with E-state index in [1.807, 2.05) is 6.07 Å². The highest BCUT2D eigenvalue weighted by molar-refractivity contribution is 5.66. The third kappa shape index (κ3) is 4.51. The van der Waals surface area contributed by atoms with Gasteiger partial charge in [0, 0.05) is 19.2 Å². The van der Waals surface area contributed by atoms with E-state index < -0.39 is 5.97 Å². The van der Waals surface area contributed by atoms with E-state index in [1.54, 1.807) is 6.20 Å². The van der Waals surface area contributed by atoms with E-state index >= 15 is 0 Å². The van der Waals surface area contributed by atoms with Crippen LogP contribution in [0.2, 0.25) is 0 Å². The lowest BCUT2D eigenvalue weighted by Crippen LogP contribution is -2.16. The molecule has 1 aromatic rings. The molecule has 76 valence electrons. The Balaban J connectivity index is 2.08. The van der Waals surface area contributed by atoms with E-state index in [0.29, 0.717) is 19.5 Å². The van der Waals surface area contributed by atoms with Gasteiger partial charge in [0.15, 0.2) is 0 Å². The van der Waals surface area contributed by atoms with Crippen molar-refractivity contribution in [3.05, 3.63) is 24.3 Å². The molecule has 0 fully saturated rings. The van der Waals surface area contributed by atoms with Gasteiger partial charge in [0.1, 0.15) is 6.33 Å². The number of hydrogen-bond donors (Lipinski definition) is 2. The molecule has 1 heterocycles. The molecule has 1 aromatic heterocycles. The quantitative estimate of drug-likeness (QED) is 0.644. The molecule has 5 heteroatoms. The van der Waals surface area contributed by atoms with Gasteiger partial charge in [0.2, 0.25) is 0 Å². The van der Waals surface area contributed by atoms with Crippen LogP contribution in [0.1, 0.15) is 18.5 Å². The van der Waals surface area contributed by atoms with Crippen molar-refractivity contribution in [2.24, 2.45) is 0 Å². The number of carboxylic acid groups (broad SMARTS) is 1. The number of carboxylic acids is 1. The summed E-state index contributed by atoms with van der Waals surface area (Å²) in [5.74, 6) is -0.756. The lowest BCUT2D eigenvalue weighted by Gasteiger charge is -2.01. The molecule has 5 nitrogen and oxygen atoms in total. The third-order valence-corrected chi connectivity index (χ3v) is 1.69.